The summed E-state index contributed by atoms with van der Waals surface area (Å²) in [5.41, 5.74) is 1.53. The lowest BCUT2D eigenvalue weighted by Gasteiger charge is -2.35. The number of nitrogens with zero attached hydrogens (tertiary/aromatic N) is 4. The van der Waals surface area contributed by atoms with E-state index in [0.29, 0.717) is 57.2 Å². The van der Waals surface area contributed by atoms with E-state index < -0.39 is 0 Å². The van der Waals surface area contributed by atoms with Gasteiger partial charge in [0, 0.05) is 39.5 Å². The van der Waals surface area contributed by atoms with Gasteiger partial charge >= 0.3 is 0 Å². The van der Waals surface area contributed by atoms with Gasteiger partial charge in [-0.15, -0.1) is 0 Å². The zero-order valence-electron chi connectivity index (χ0n) is 16.0. The Morgan fingerprint density at radius 2 is 1.89 bits per heavy atom. The number of anilines is 1. The van der Waals surface area contributed by atoms with Crippen LogP contribution in [0.5, 0.6) is 5.75 Å². The van der Waals surface area contributed by atoms with Gasteiger partial charge in [0.15, 0.2) is 0 Å². The standard InChI is InChI=1S/C21H24N4O3/c1-27-13-14-28-19-6-4-17(5-7-19)15-20(26)24-9-11-25(12-10-24)21-18(16-22)3-2-8-23-21/h2-8H,9-15H2,1H3. The number of amides is 1. The van der Waals surface area contributed by atoms with E-state index in [1.807, 2.05) is 29.2 Å². The molecule has 1 saturated heterocycles. The predicted molar refractivity (Wildman–Crippen MR) is 105 cm³/mol. The molecule has 0 saturated carbocycles. The Morgan fingerprint density at radius 1 is 1.14 bits per heavy atom. The molecular weight excluding hydrogens is 356 g/mol. The lowest BCUT2D eigenvalue weighted by Crippen LogP contribution is -2.49. The molecule has 7 heteroatoms. The van der Waals surface area contributed by atoms with Crippen molar-refractivity contribution < 1.29 is 14.3 Å². The van der Waals surface area contributed by atoms with Crippen LogP contribution in [0.3, 0.4) is 0 Å². The topological polar surface area (TPSA) is 78.7 Å². The lowest BCUT2D eigenvalue weighted by atomic mass is 10.1. The van der Waals surface area contributed by atoms with Crippen LogP contribution in [0.15, 0.2) is 42.6 Å². The number of ether oxygens (including phenoxy) is 2. The van der Waals surface area contributed by atoms with Gasteiger partial charge in [-0.25, -0.2) is 4.98 Å². The summed E-state index contributed by atoms with van der Waals surface area (Å²) < 4.78 is 10.5. The lowest BCUT2D eigenvalue weighted by molar-refractivity contribution is -0.130. The fraction of sp³-hybridized carbons (Fsp3) is 0.381. The Balaban J connectivity index is 1.51. The Kier molecular flexibility index (Phi) is 6.82. The van der Waals surface area contributed by atoms with Gasteiger partial charge in [0.05, 0.1) is 18.6 Å². The molecule has 0 unspecified atom stereocenters. The summed E-state index contributed by atoms with van der Waals surface area (Å²) in [5.74, 6) is 1.57. The van der Waals surface area contributed by atoms with Crippen LogP contribution in [0.2, 0.25) is 0 Å². The summed E-state index contributed by atoms with van der Waals surface area (Å²) in [4.78, 5) is 20.9. The summed E-state index contributed by atoms with van der Waals surface area (Å²) in [7, 11) is 1.64. The molecule has 2 heterocycles. The second kappa shape index (κ2) is 9.72. The summed E-state index contributed by atoms with van der Waals surface area (Å²) in [5, 5.41) is 9.24. The SMILES string of the molecule is COCCOc1ccc(CC(=O)N2CCN(c3ncccc3C#N)CC2)cc1. The fourth-order valence-corrected chi connectivity index (χ4v) is 3.14. The first kappa shape index (κ1) is 19.6. The largest absolute Gasteiger partial charge is 0.491 e. The van der Waals surface area contributed by atoms with Crippen LogP contribution in [0.4, 0.5) is 5.82 Å². The number of aromatic nitrogens is 1. The van der Waals surface area contributed by atoms with Crippen molar-refractivity contribution in [1.82, 2.24) is 9.88 Å². The Labute approximate surface area is 165 Å². The monoisotopic (exact) mass is 380 g/mol. The third-order valence-corrected chi connectivity index (χ3v) is 4.67. The van der Waals surface area contributed by atoms with Gasteiger partial charge in [0.2, 0.25) is 5.91 Å². The zero-order chi connectivity index (χ0) is 19.8. The first-order valence-corrected chi connectivity index (χ1v) is 9.30. The van der Waals surface area contributed by atoms with E-state index in [4.69, 9.17) is 9.47 Å². The molecule has 1 aromatic heterocycles. The summed E-state index contributed by atoms with van der Waals surface area (Å²) in [6, 6.07) is 13.3. The van der Waals surface area contributed by atoms with Gasteiger partial charge in [0.1, 0.15) is 24.2 Å². The average Bonchev–Trinajstić information content (AvgIpc) is 2.75. The molecule has 0 N–H and O–H groups in total. The van der Waals surface area contributed by atoms with Crippen molar-refractivity contribution in [1.29, 1.82) is 5.26 Å². The van der Waals surface area contributed by atoms with Crippen molar-refractivity contribution in [3.05, 3.63) is 53.7 Å². The van der Waals surface area contributed by atoms with Gasteiger partial charge in [0.25, 0.3) is 0 Å². The minimum atomic E-state index is 0.106. The molecular formula is C21H24N4O3. The predicted octanol–water partition coefficient (Wildman–Crippen LogP) is 1.87. The zero-order valence-corrected chi connectivity index (χ0v) is 16.0. The van der Waals surface area contributed by atoms with Crippen LogP contribution in [0.25, 0.3) is 0 Å². The van der Waals surface area contributed by atoms with Gasteiger partial charge in [-0.3, -0.25) is 4.79 Å². The number of carbonyl (C=O) groups is 1. The van der Waals surface area contributed by atoms with Gasteiger partial charge < -0.3 is 19.3 Å². The summed E-state index contributed by atoms with van der Waals surface area (Å²) in [6.45, 7) is 3.63. The van der Waals surface area contributed by atoms with Crippen molar-refractivity contribution >= 4 is 11.7 Å². The summed E-state index contributed by atoms with van der Waals surface area (Å²) >= 11 is 0. The molecule has 1 aliphatic rings. The summed E-state index contributed by atoms with van der Waals surface area (Å²) in [6.07, 6.45) is 2.06. The van der Waals surface area contributed by atoms with E-state index in [9.17, 15) is 10.1 Å². The Bertz CT molecular complexity index is 824. The van der Waals surface area contributed by atoms with E-state index in [-0.39, 0.29) is 5.91 Å². The van der Waals surface area contributed by atoms with E-state index in [1.54, 1.807) is 25.4 Å². The fourth-order valence-electron chi connectivity index (χ4n) is 3.14. The first-order valence-electron chi connectivity index (χ1n) is 9.30. The van der Waals surface area contributed by atoms with Gasteiger partial charge in [-0.2, -0.15) is 5.26 Å². The molecule has 146 valence electrons. The normalized spacial score (nSPS) is 13.9. The highest BCUT2D eigenvalue weighted by Crippen LogP contribution is 2.19. The van der Waals surface area contributed by atoms with Crippen LogP contribution >= 0.6 is 0 Å². The molecule has 1 aliphatic heterocycles. The number of hydrogen-bond acceptors (Lipinski definition) is 6. The molecule has 0 atom stereocenters. The van der Waals surface area contributed by atoms with Crippen molar-refractivity contribution in [3.8, 4) is 11.8 Å². The molecule has 0 aliphatic carbocycles. The van der Waals surface area contributed by atoms with Crippen LogP contribution in [0.1, 0.15) is 11.1 Å². The first-order chi connectivity index (χ1) is 13.7. The Hall–Kier alpha value is -3.11. The van der Waals surface area contributed by atoms with Gasteiger partial charge in [-0.05, 0) is 29.8 Å². The molecule has 0 radical (unpaired) electrons. The maximum Gasteiger partial charge on any atom is 0.227 e. The van der Waals surface area contributed by atoms with Crippen LogP contribution in [-0.2, 0) is 16.0 Å². The molecule has 2 aromatic rings. The minimum absolute atomic E-state index is 0.106. The Morgan fingerprint density at radius 3 is 2.57 bits per heavy atom. The molecule has 7 nitrogen and oxygen atoms in total. The number of pyridine rings is 1. The highest BCUT2D eigenvalue weighted by molar-refractivity contribution is 5.79. The van der Waals surface area contributed by atoms with Crippen LogP contribution in [0, 0.1) is 11.3 Å². The van der Waals surface area contributed by atoms with E-state index in [1.165, 1.54) is 0 Å². The number of benzene rings is 1. The van der Waals surface area contributed by atoms with Crippen molar-refractivity contribution in [3.63, 3.8) is 0 Å². The second-order valence-corrected chi connectivity index (χ2v) is 6.52. The van der Waals surface area contributed by atoms with Gasteiger partial charge in [-0.1, -0.05) is 12.1 Å². The molecule has 28 heavy (non-hydrogen) atoms. The molecule has 1 fully saturated rings. The highest BCUT2D eigenvalue weighted by atomic mass is 16.5. The minimum Gasteiger partial charge on any atom is -0.491 e. The second-order valence-electron chi connectivity index (χ2n) is 6.52. The van der Waals surface area contributed by atoms with E-state index in [2.05, 4.69) is 16.0 Å². The molecule has 3 rings (SSSR count). The highest BCUT2D eigenvalue weighted by Gasteiger charge is 2.23. The third-order valence-electron chi connectivity index (χ3n) is 4.67. The number of nitriles is 1. The van der Waals surface area contributed by atoms with Crippen molar-refractivity contribution in [2.24, 2.45) is 0 Å². The molecule has 1 aromatic carbocycles. The smallest absolute Gasteiger partial charge is 0.227 e. The van der Waals surface area contributed by atoms with Crippen molar-refractivity contribution in [2.45, 2.75) is 6.42 Å². The quantitative estimate of drug-likeness (QED) is 0.683. The van der Waals surface area contributed by atoms with Crippen molar-refractivity contribution in [2.75, 3.05) is 51.4 Å². The molecule has 0 bridgehead atoms. The maximum atomic E-state index is 12.6. The third kappa shape index (κ3) is 4.99. The molecule has 1 amide bonds. The number of hydrogen-bond donors (Lipinski definition) is 0. The number of rotatable bonds is 7. The van der Waals surface area contributed by atoms with E-state index >= 15 is 0 Å². The average molecular weight is 380 g/mol. The number of piperazine rings is 1. The van der Waals surface area contributed by atoms with Crippen LogP contribution in [-0.4, -0.2) is 62.3 Å². The number of carbonyl (C=O) groups excluding carboxylic acids is 1. The van der Waals surface area contributed by atoms with Crippen LogP contribution < -0.4 is 9.64 Å². The molecule has 0 spiro atoms. The maximum absolute atomic E-state index is 12.6. The van der Waals surface area contributed by atoms with E-state index in [0.717, 1.165) is 11.3 Å². The number of methoxy groups -OCH3 is 1.